The Balaban J connectivity index is 1.45. The first-order valence-corrected chi connectivity index (χ1v) is 11.1. The van der Waals surface area contributed by atoms with E-state index in [2.05, 4.69) is 10.1 Å². The van der Waals surface area contributed by atoms with Crippen molar-refractivity contribution in [1.82, 2.24) is 15.0 Å². The summed E-state index contributed by atoms with van der Waals surface area (Å²) in [5.74, 6) is 1.03. The average Bonchev–Trinajstić information content (AvgIpc) is 3.22. The Morgan fingerprint density at radius 3 is 2.58 bits per heavy atom. The lowest BCUT2D eigenvalue weighted by Gasteiger charge is -2.50. The third-order valence-corrected chi connectivity index (χ3v) is 9.16. The van der Waals surface area contributed by atoms with Crippen LogP contribution in [0.5, 0.6) is 0 Å². The van der Waals surface area contributed by atoms with E-state index in [4.69, 9.17) is 4.52 Å². The molecule has 1 spiro atoms. The topological polar surface area (TPSA) is 83.7 Å². The maximum atomic E-state index is 12.8. The molecule has 7 nitrogen and oxygen atoms in total. The molecule has 0 bridgehead atoms. The van der Waals surface area contributed by atoms with Crippen molar-refractivity contribution in [3.05, 3.63) is 17.0 Å². The molecule has 0 aromatic carbocycles. The molecule has 3 aliphatic rings. The minimum atomic E-state index is -3.14. The van der Waals surface area contributed by atoms with Crippen LogP contribution in [0.25, 0.3) is 0 Å². The van der Waals surface area contributed by atoms with Crippen LogP contribution in [-0.4, -0.2) is 72.5 Å². The zero-order chi connectivity index (χ0) is 18.5. The van der Waals surface area contributed by atoms with E-state index in [0.717, 1.165) is 37.3 Å². The SMILES string of the molecule is Cc1noc(C)c1CC(=O)N1CC2(C1)C(CN1CCCC1)CCS2(=O)=O. The quantitative estimate of drug-likeness (QED) is 0.772. The third kappa shape index (κ3) is 2.78. The molecule has 3 aliphatic heterocycles. The molecule has 1 aromatic rings. The number of carbonyl (C=O) groups is 1. The van der Waals surface area contributed by atoms with Gasteiger partial charge in [-0.15, -0.1) is 0 Å². The lowest BCUT2D eigenvalue weighted by atomic mass is 9.82. The molecule has 1 unspecified atom stereocenters. The van der Waals surface area contributed by atoms with E-state index in [1.807, 2.05) is 6.92 Å². The first-order chi connectivity index (χ1) is 12.3. The molecule has 0 aliphatic carbocycles. The van der Waals surface area contributed by atoms with Gasteiger partial charge < -0.3 is 14.3 Å². The first-order valence-electron chi connectivity index (χ1n) is 9.46. The number of sulfone groups is 1. The van der Waals surface area contributed by atoms with Crippen molar-refractivity contribution in [2.45, 2.75) is 44.3 Å². The molecule has 3 saturated heterocycles. The van der Waals surface area contributed by atoms with Gasteiger partial charge in [-0.25, -0.2) is 8.42 Å². The van der Waals surface area contributed by atoms with Crippen molar-refractivity contribution in [3.63, 3.8) is 0 Å². The van der Waals surface area contributed by atoms with Gasteiger partial charge in [0, 0.05) is 25.2 Å². The molecule has 1 atom stereocenters. The maximum Gasteiger partial charge on any atom is 0.227 e. The summed E-state index contributed by atoms with van der Waals surface area (Å²) >= 11 is 0. The van der Waals surface area contributed by atoms with Crippen molar-refractivity contribution < 1.29 is 17.7 Å². The highest BCUT2D eigenvalue weighted by molar-refractivity contribution is 7.93. The van der Waals surface area contributed by atoms with Gasteiger partial charge in [-0.2, -0.15) is 0 Å². The number of likely N-dealkylation sites (tertiary alicyclic amines) is 2. The van der Waals surface area contributed by atoms with Gasteiger partial charge in [-0.05, 0) is 52.1 Å². The van der Waals surface area contributed by atoms with E-state index in [0.29, 0.717) is 18.8 Å². The second-order valence-corrected chi connectivity index (χ2v) is 10.6. The normalized spacial score (nSPS) is 27.2. The van der Waals surface area contributed by atoms with E-state index >= 15 is 0 Å². The second kappa shape index (κ2) is 6.34. The lowest BCUT2D eigenvalue weighted by Crippen LogP contribution is -2.69. The number of carbonyl (C=O) groups excluding carboxylic acids is 1. The van der Waals surface area contributed by atoms with Gasteiger partial charge in [0.2, 0.25) is 5.91 Å². The molecular weight excluding hydrogens is 354 g/mol. The molecule has 0 saturated carbocycles. The average molecular weight is 381 g/mol. The molecule has 8 heteroatoms. The predicted molar refractivity (Wildman–Crippen MR) is 96.6 cm³/mol. The number of hydrogen-bond acceptors (Lipinski definition) is 6. The molecule has 1 amide bonds. The van der Waals surface area contributed by atoms with Crippen LogP contribution in [0.2, 0.25) is 0 Å². The molecule has 1 aromatic heterocycles. The zero-order valence-electron chi connectivity index (χ0n) is 15.5. The molecule has 0 N–H and O–H groups in total. The Kier molecular flexibility index (Phi) is 4.38. The zero-order valence-corrected chi connectivity index (χ0v) is 16.3. The van der Waals surface area contributed by atoms with E-state index in [1.54, 1.807) is 11.8 Å². The van der Waals surface area contributed by atoms with Gasteiger partial charge in [-0.3, -0.25) is 4.79 Å². The molecule has 0 radical (unpaired) electrons. The van der Waals surface area contributed by atoms with Crippen LogP contribution < -0.4 is 0 Å². The van der Waals surface area contributed by atoms with Crippen LogP contribution in [-0.2, 0) is 21.1 Å². The third-order valence-electron chi connectivity index (χ3n) is 6.55. The van der Waals surface area contributed by atoms with E-state index < -0.39 is 14.6 Å². The van der Waals surface area contributed by atoms with Gasteiger partial charge in [-0.1, -0.05) is 5.16 Å². The van der Waals surface area contributed by atoms with Crippen LogP contribution in [0.1, 0.15) is 36.3 Å². The summed E-state index contributed by atoms with van der Waals surface area (Å²) in [4.78, 5) is 16.7. The van der Waals surface area contributed by atoms with Gasteiger partial charge in [0.25, 0.3) is 0 Å². The molecule has 144 valence electrons. The van der Waals surface area contributed by atoms with Crippen molar-refractivity contribution in [3.8, 4) is 0 Å². The molecule has 3 fully saturated rings. The van der Waals surface area contributed by atoms with E-state index in [-0.39, 0.29) is 24.0 Å². The van der Waals surface area contributed by atoms with Crippen molar-refractivity contribution in [1.29, 1.82) is 0 Å². The first kappa shape index (κ1) is 18.0. The Morgan fingerprint density at radius 2 is 1.96 bits per heavy atom. The van der Waals surface area contributed by atoms with Gasteiger partial charge >= 0.3 is 0 Å². The van der Waals surface area contributed by atoms with Crippen LogP contribution in [0.4, 0.5) is 0 Å². The number of aryl methyl sites for hydroxylation is 2. The van der Waals surface area contributed by atoms with Crippen LogP contribution in [0, 0.1) is 19.8 Å². The summed E-state index contributed by atoms with van der Waals surface area (Å²) in [6.45, 7) is 7.30. The van der Waals surface area contributed by atoms with Gasteiger partial charge in [0.15, 0.2) is 9.84 Å². The molecular formula is C18H27N3O4S. The highest BCUT2D eigenvalue weighted by Gasteiger charge is 2.62. The highest BCUT2D eigenvalue weighted by Crippen LogP contribution is 2.45. The standard InChI is InChI=1S/C18H27N3O4S/c1-13-16(14(2)25-19-13)9-17(22)21-11-18(12-21)15(5-8-26(18,23)24)10-20-6-3-4-7-20/h15H,3-12H2,1-2H3. The number of nitrogens with zero attached hydrogens (tertiary/aromatic N) is 3. The fourth-order valence-corrected chi connectivity index (χ4v) is 7.21. The van der Waals surface area contributed by atoms with Gasteiger partial charge in [0.1, 0.15) is 10.5 Å². The fourth-order valence-electron chi connectivity index (χ4n) is 4.80. The maximum absolute atomic E-state index is 12.8. The Hall–Kier alpha value is -1.41. The van der Waals surface area contributed by atoms with E-state index in [9.17, 15) is 13.2 Å². The summed E-state index contributed by atoms with van der Waals surface area (Å²) in [6, 6.07) is 0. The van der Waals surface area contributed by atoms with Crippen molar-refractivity contribution >= 4 is 15.7 Å². The number of rotatable bonds is 4. The predicted octanol–water partition coefficient (Wildman–Crippen LogP) is 0.945. The van der Waals surface area contributed by atoms with Crippen LogP contribution >= 0.6 is 0 Å². The second-order valence-electron chi connectivity index (χ2n) is 8.11. The summed E-state index contributed by atoms with van der Waals surface area (Å²) in [5, 5.41) is 3.89. The number of hydrogen-bond donors (Lipinski definition) is 0. The Bertz CT molecular complexity index is 785. The summed E-state index contributed by atoms with van der Waals surface area (Å²) < 4.78 is 29.9. The van der Waals surface area contributed by atoms with Crippen LogP contribution in [0.15, 0.2) is 4.52 Å². The fraction of sp³-hybridized carbons (Fsp3) is 0.778. The van der Waals surface area contributed by atoms with Crippen molar-refractivity contribution in [2.75, 3.05) is 38.5 Å². The smallest absolute Gasteiger partial charge is 0.227 e. The minimum Gasteiger partial charge on any atom is -0.361 e. The minimum absolute atomic E-state index is 0.0351. The van der Waals surface area contributed by atoms with Crippen LogP contribution in [0.3, 0.4) is 0 Å². The number of amides is 1. The molecule has 26 heavy (non-hydrogen) atoms. The largest absolute Gasteiger partial charge is 0.361 e. The Morgan fingerprint density at radius 1 is 1.27 bits per heavy atom. The lowest BCUT2D eigenvalue weighted by molar-refractivity contribution is -0.136. The summed E-state index contributed by atoms with van der Waals surface area (Å²) in [6.07, 6.45) is 3.36. The summed E-state index contributed by atoms with van der Waals surface area (Å²) in [5.41, 5.74) is 1.55. The number of aromatic nitrogens is 1. The van der Waals surface area contributed by atoms with Gasteiger partial charge in [0.05, 0.1) is 17.9 Å². The summed E-state index contributed by atoms with van der Waals surface area (Å²) in [7, 11) is -3.14. The van der Waals surface area contributed by atoms with E-state index in [1.165, 1.54) is 12.8 Å². The molecule has 4 heterocycles. The van der Waals surface area contributed by atoms with Crippen molar-refractivity contribution in [2.24, 2.45) is 5.92 Å². The Labute approximate surface area is 154 Å². The highest BCUT2D eigenvalue weighted by atomic mass is 32.2. The monoisotopic (exact) mass is 381 g/mol. The molecule has 4 rings (SSSR count).